The second-order valence-electron chi connectivity index (χ2n) is 6.08. The molecular weight excluding hydrogens is 270 g/mol. The predicted molar refractivity (Wildman–Crippen MR) is 92.2 cm³/mol. The van der Waals surface area contributed by atoms with E-state index in [1.54, 1.807) is 0 Å². The predicted octanol–water partition coefficient (Wildman–Crippen LogP) is 4.23. The van der Waals surface area contributed by atoms with Crippen molar-refractivity contribution in [1.29, 1.82) is 0 Å². The maximum atomic E-state index is 4.81. The molecule has 1 fully saturated rings. The van der Waals surface area contributed by atoms with Crippen molar-refractivity contribution >= 4 is 16.7 Å². The Kier molecular flexibility index (Phi) is 3.34. The molecule has 0 bridgehead atoms. The molecule has 22 heavy (non-hydrogen) atoms. The van der Waals surface area contributed by atoms with Crippen molar-refractivity contribution < 1.29 is 0 Å². The molecule has 0 spiro atoms. The summed E-state index contributed by atoms with van der Waals surface area (Å²) < 4.78 is 2.19. The topological polar surface area (TPSA) is 21.1 Å². The van der Waals surface area contributed by atoms with Crippen LogP contribution in [0.2, 0.25) is 0 Å². The molecule has 4 rings (SSSR count). The highest BCUT2D eigenvalue weighted by Crippen LogP contribution is 2.28. The molecule has 0 aliphatic carbocycles. The Morgan fingerprint density at radius 2 is 1.73 bits per heavy atom. The molecule has 0 atom stereocenters. The summed E-state index contributed by atoms with van der Waals surface area (Å²) in [7, 11) is 2.10. The van der Waals surface area contributed by atoms with Crippen LogP contribution in [0.25, 0.3) is 22.4 Å². The van der Waals surface area contributed by atoms with E-state index in [2.05, 4.69) is 59.0 Å². The fourth-order valence-corrected chi connectivity index (χ4v) is 3.40. The van der Waals surface area contributed by atoms with Crippen LogP contribution in [0, 0.1) is 0 Å². The van der Waals surface area contributed by atoms with Crippen molar-refractivity contribution in [2.24, 2.45) is 7.05 Å². The molecule has 0 saturated carbocycles. The van der Waals surface area contributed by atoms with Gasteiger partial charge in [0.15, 0.2) is 0 Å². The highest BCUT2D eigenvalue weighted by molar-refractivity contribution is 5.81. The van der Waals surface area contributed by atoms with Gasteiger partial charge in [-0.3, -0.25) is 0 Å². The summed E-state index contributed by atoms with van der Waals surface area (Å²) in [5.41, 5.74) is 4.76. The van der Waals surface area contributed by atoms with Gasteiger partial charge in [-0.25, -0.2) is 4.98 Å². The third-order valence-corrected chi connectivity index (χ3v) is 4.61. The van der Waals surface area contributed by atoms with Crippen LogP contribution >= 0.6 is 0 Å². The summed E-state index contributed by atoms with van der Waals surface area (Å²) in [5.74, 6) is 1.04. The van der Waals surface area contributed by atoms with E-state index in [4.69, 9.17) is 4.98 Å². The molecule has 2 aromatic carbocycles. The Morgan fingerprint density at radius 3 is 2.55 bits per heavy atom. The first-order chi connectivity index (χ1) is 10.8. The van der Waals surface area contributed by atoms with Gasteiger partial charge in [-0.1, -0.05) is 24.3 Å². The van der Waals surface area contributed by atoms with Crippen LogP contribution in [0.3, 0.4) is 0 Å². The van der Waals surface area contributed by atoms with Gasteiger partial charge in [-0.15, -0.1) is 0 Å². The van der Waals surface area contributed by atoms with Crippen LogP contribution in [0.4, 0.5) is 5.69 Å². The zero-order valence-electron chi connectivity index (χ0n) is 13.0. The molecule has 0 unspecified atom stereocenters. The number of hydrogen-bond acceptors (Lipinski definition) is 2. The Hall–Kier alpha value is -2.29. The monoisotopic (exact) mass is 291 g/mol. The van der Waals surface area contributed by atoms with Crippen LogP contribution in [0.1, 0.15) is 19.3 Å². The number of piperidine rings is 1. The van der Waals surface area contributed by atoms with E-state index in [-0.39, 0.29) is 0 Å². The van der Waals surface area contributed by atoms with E-state index in [0.717, 1.165) is 11.3 Å². The molecule has 1 saturated heterocycles. The van der Waals surface area contributed by atoms with Crippen molar-refractivity contribution in [2.75, 3.05) is 18.0 Å². The van der Waals surface area contributed by atoms with E-state index in [9.17, 15) is 0 Å². The number of rotatable bonds is 2. The highest BCUT2D eigenvalue weighted by Gasteiger charge is 2.14. The second kappa shape index (κ2) is 5.48. The molecule has 3 nitrogen and oxygen atoms in total. The van der Waals surface area contributed by atoms with Crippen molar-refractivity contribution in [3.8, 4) is 11.4 Å². The molecule has 1 aliphatic rings. The lowest BCUT2D eigenvalue weighted by molar-refractivity contribution is 0.578. The summed E-state index contributed by atoms with van der Waals surface area (Å²) in [6.07, 6.45) is 3.97. The van der Waals surface area contributed by atoms with E-state index >= 15 is 0 Å². The number of imidazole rings is 1. The lowest BCUT2D eigenvalue weighted by atomic mass is 10.1. The van der Waals surface area contributed by atoms with Crippen LogP contribution in [-0.4, -0.2) is 22.6 Å². The van der Waals surface area contributed by atoms with Gasteiger partial charge in [-0.2, -0.15) is 0 Å². The molecule has 112 valence electrons. The number of aromatic nitrogens is 2. The molecule has 0 radical (unpaired) electrons. The van der Waals surface area contributed by atoms with Crippen molar-refractivity contribution in [1.82, 2.24) is 9.55 Å². The van der Waals surface area contributed by atoms with E-state index in [0.29, 0.717) is 0 Å². The van der Waals surface area contributed by atoms with Crippen LogP contribution in [0.5, 0.6) is 0 Å². The number of aryl methyl sites for hydroxylation is 1. The minimum atomic E-state index is 1.04. The third kappa shape index (κ3) is 2.27. The van der Waals surface area contributed by atoms with E-state index in [1.807, 2.05) is 6.07 Å². The third-order valence-electron chi connectivity index (χ3n) is 4.61. The first-order valence-corrected chi connectivity index (χ1v) is 8.10. The first-order valence-electron chi connectivity index (χ1n) is 8.10. The summed E-state index contributed by atoms with van der Waals surface area (Å²) in [6, 6.07) is 17.1. The molecule has 2 heterocycles. The lowest BCUT2D eigenvalue weighted by Crippen LogP contribution is -2.29. The number of hydrogen-bond donors (Lipinski definition) is 0. The highest BCUT2D eigenvalue weighted by atomic mass is 15.1. The molecule has 0 N–H and O–H groups in total. The summed E-state index contributed by atoms with van der Waals surface area (Å²) in [4.78, 5) is 7.31. The number of anilines is 1. The Morgan fingerprint density at radius 1 is 0.909 bits per heavy atom. The standard InChI is InChI=1S/C19H21N3/c1-21-18-11-4-3-10-17(18)20-19(21)15-8-7-9-16(14-15)22-12-5-2-6-13-22/h3-4,7-11,14H,2,5-6,12-13H2,1H3. The largest absolute Gasteiger partial charge is 0.372 e. The zero-order chi connectivity index (χ0) is 14.9. The van der Waals surface area contributed by atoms with Gasteiger partial charge in [0.25, 0.3) is 0 Å². The quantitative estimate of drug-likeness (QED) is 0.704. The first kappa shape index (κ1) is 13.4. The SMILES string of the molecule is Cn1c(-c2cccc(N3CCCCC3)c2)nc2ccccc21. The van der Waals surface area contributed by atoms with Gasteiger partial charge in [0.05, 0.1) is 11.0 Å². The van der Waals surface area contributed by atoms with Crippen LogP contribution < -0.4 is 4.90 Å². The van der Waals surface area contributed by atoms with Gasteiger partial charge in [0.2, 0.25) is 0 Å². The molecule has 1 aliphatic heterocycles. The Balaban J connectivity index is 1.76. The smallest absolute Gasteiger partial charge is 0.140 e. The normalized spacial score (nSPS) is 15.4. The molecule has 0 amide bonds. The van der Waals surface area contributed by atoms with Gasteiger partial charge in [0, 0.05) is 31.4 Å². The number of para-hydroxylation sites is 2. The van der Waals surface area contributed by atoms with Crippen LogP contribution in [0.15, 0.2) is 48.5 Å². The van der Waals surface area contributed by atoms with Crippen molar-refractivity contribution in [3.05, 3.63) is 48.5 Å². The average molecular weight is 291 g/mol. The van der Waals surface area contributed by atoms with Crippen molar-refractivity contribution in [2.45, 2.75) is 19.3 Å². The Labute approximate surface area is 131 Å². The van der Waals surface area contributed by atoms with Gasteiger partial charge >= 0.3 is 0 Å². The van der Waals surface area contributed by atoms with Gasteiger partial charge in [-0.05, 0) is 43.5 Å². The minimum Gasteiger partial charge on any atom is -0.372 e. The van der Waals surface area contributed by atoms with Crippen molar-refractivity contribution in [3.63, 3.8) is 0 Å². The fourth-order valence-electron chi connectivity index (χ4n) is 3.40. The molecule has 3 aromatic rings. The van der Waals surface area contributed by atoms with E-state index in [1.165, 1.54) is 49.1 Å². The maximum Gasteiger partial charge on any atom is 0.140 e. The van der Waals surface area contributed by atoms with Gasteiger partial charge < -0.3 is 9.47 Å². The number of benzene rings is 2. The minimum absolute atomic E-state index is 1.04. The van der Waals surface area contributed by atoms with Gasteiger partial charge in [0.1, 0.15) is 5.82 Å². The molecule has 3 heteroatoms. The summed E-state index contributed by atoms with van der Waals surface area (Å²) in [6.45, 7) is 2.35. The van der Waals surface area contributed by atoms with Crippen LogP contribution in [-0.2, 0) is 7.05 Å². The summed E-state index contributed by atoms with van der Waals surface area (Å²) in [5, 5.41) is 0. The maximum absolute atomic E-state index is 4.81. The Bertz CT molecular complexity index is 797. The molecule has 1 aromatic heterocycles. The number of fused-ring (bicyclic) bond motifs is 1. The fraction of sp³-hybridized carbons (Fsp3) is 0.316. The second-order valence-corrected chi connectivity index (χ2v) is 6.08. The zero-order valence-corrected chi connectivity index (χ0v) is 13.0. The number of nitrogens with zero attached hydrogens (tertiary/aromatic N) is 3. The lowest BCUT2D eigenvalue weighted by Gasteiger charge is -2.29. The van der Waals surface area contributed by atoms with E-state index < -0.39 is 0 Å². The molecular formula is C19H21N3. The average Bonchev–Trinajstić information content (AvgIpc) is 2.93. The summed E-state index contributed by atoms with van der Waals surface area (Å²) >= 11 is 0.